The molecule has 2 heteroatoms. The normalized spacial score (nSPS) is 19.9. The van der Waals surface area contributed by atoms with Gasteiger partial charge in [0, 0.05) is 13.2 Å². The molecule has 0 aromatic heterocycles. The van der Waals surface area contributed by atoms with Gasteiger partial charge in [0.15, 0.2) is 0 Å². The van der Waals surface area contributed by atoms with Crippen molar-refractivity contribution >= 4 is 0 Å². The first-order valence-electron chi connectivity index (χ1n) is 6.93. The lowest BCUT2D eigenvalue weighted by Crippen LogP contribution is -2.36. The van der Waals surface area contributed by atoms with Crippen LogP contribution in [0.3, 0.4) is 0 Å². The van der Waals surface area contributed by atoms with Crippen LogP contribution in [0.15, 0.2) is 0 Å². The van der Waals surface area contributed by atoms with Gasteiger partial charge in [-0.1, -0.05) is 13.8 Å². The molecule has 0 amide bonds. The first-order valence-corrected chi connectivity index (χ1v) is 6.93. The molecule has 16 heavy (non-hydrogen) atoms. The van der Waals surface area contributed by atoms with Gasteiger partial charge in [0.25, 0.3) is 0 Å². The fourth-order valence-electron chi connectivity index (χ4n) is 2.45. The van der Waals surface area contributed by atoms with E-state index in [-0.39, 0.29) is 0 Å². The van der Waals surface area contributed by atoms with Crippen LogP contribution in [0.5, 0.6) is 0 Å². The number of ether oxygens (including phenoxy) is 1. The maximum Gasteiger partial charge on any atom is 0.0518 e. The second-order valence-corrected chi connectivity index (χ2v) is 5.70. The third kappa shape index (κ3) is 5.31. The maximum absolute atomic E-state index is 5.57. The summed E-state index contributed by atoms with van der Waals surface area (Å²) in [6, 6.07) is 0. The summed E-state index contributed by atoms with van der Waals surface area (Å²) in [4.78, 5) is 2.60. The van der Waals surface area contributed by atoms with Crippen molar-refractivity contribution in [1.82, 2.24) is 4.90 Å². The van der Waals surface area contributed by atoms with E-state index in [9.17, 15) is 0 Å². The Kier molecular flexibility index (Phi) is 6.37. The van der Waals surface area contributed by atoms with Crippen molar-refractivity contribution in [2.45, 2.75) is 53.1 Å². The molecule has 0 aromatic carbocycles. The second-order valence-electron chi connectivity index (χ2n) is 5.70. The van der Waals surface area contributed by atoms with Gasteiger partial charge < -0.3 is 9.64 Å². The highest BCUT2D eigenvalue weighted by Gasteiger charge is 2.20. The molecule has 0 unspecified atom stereocenters. The molecule has 2 nitrogen and oxygen atoms in total. The smallest absolute Gasteiger partial charge is 0.0518 e. The highest BCUT2D eigenvalue weighted by molar-refractivity contribution is 4.74. The summed E-state index contributed by atoms with van der Waals surface area (Å²) in [5, 5.41) is 0. The van der Waals surface area contributed by atoms with Crippen molar-refractivity contribution in [1.29, 1.82) is 0 Å². The van der Waals surface area contributed by atoms with Gasteiger partial charge in [-0.3, -0.25) is 0 Å². The molecule has 0 bridgehead atoms. The Morgan fingerprint density at radius 1 is 1.12 bits per heavy atom. The van der Waals surface area contributed by atoms with Gasteiger partial charge in [-0.05, 0) is 58.0 Å². The van der Waals surface area contributed by atoms with E-state index in [1.165, 1.54) is 38.9 Å². The summed E-state index contributed by atoms with van der Waals surface area (Å²) < 4.78 is 5.57. The van der Waals surface area contributed by atoms with Crippen LogP contribution in [-0.2, 0) is 4.74 Å². The average Bonchev–Trinajstić information content (AvgIpc) is 2.25. The fraction of sp³-hybridized carbons (Fsp3) is 1.00. The van der Waals surface area contributed by atoms with Crippen LogP contribution in [-0.4, -0.2) is 37.2 Å². The maximum atomic E-state index is 5.57. The predicted octanol–water partition coefficient (Wildman–Crippen LogP) is 3.17. The SMILES string of the molecule is CC(C)OCCCN1CCC(C(C)C)CC1. The first kappa shape index (κ1) is 14.0. The van der Waals surface area contributed by atoms with Crippen molar-refractivity contribution < 1.29 is 4.74 Å². The molecule has 0 atom stereocenters. The van der Waals surface area contributed by atoms with Gasteiger partial charge in [-0.2, -0.15) is 0 Å². The zero-order chi connectivity index (χ0) is 12.0. The van der Waals surface area contributed by atoms with Crippen molar-refractivity contribution in [3.8, 4) is 0 Å². The van der Waals surface area contributed by atoms with E-state index in [0.717, 1.165) is 18.4 Å². The van der Waals surface area contributed by atoms with Gasteiger partial charge in [-0.25, -0.2) is 0 Å². The minimum absolute atomic E-state index is 0.381. The van der Waals surface area contributed by atoms with Crippen molar-refractivity contribution in [3.63, 3.8) is 0 Å². The highest BCUT2D eigenvalue weighted by atomic mass is 16.5. The molecule has 1 saturated heterocycles. The zero-order valence-electron chi connectivity index (χ0n) is 11.5. The molecular weight excluding hydrogens is 198 g/mol. The Labute approximate surface area is 101 Å². The summed E-state index contributed by atoms with van der Waals surface area (Å²) >= 11 is 0. The zero-order valence-corrected chi connectivity index (χ0v) is 11.5. The lowest BCUT2D eigenvalue weighted by atomic mass is 9.87. The lowest BCUT2D eigenvalue weighted by Gasteiger charge is -2.33. The van der Waals surface area contributed by atoms with Crippen LogP contribution in [0.1, 0.15) is 47.0 Å². The van der Waals surface area contributed by atoms with E-state index in [0.29, 0.717) is 6.10 Å². The molecule has 1 fully saturated rings. The summed E-state index contributed by atoms with van der Waals surface area (Å²) in [7, 11) is 0. The van der Waals surface area contributed by atoms with Crippen molar-refractivity contribution in [3.05, 3.63) is 0 Å². The summed E-state index contributed by atoms with van der Waals surface area (Å²) in [5.41, 5.74) is 0. The minimum atomic E-state index is 0.381. The van der Waals surface area contributed by atoms with Crippen molar-refractivity contribution in [2.24, 2.45) is 11.8 Å². The number of hydrogen-bond donors (Lipinski definition) is 0. The molecule has 1 rings (SSSR count). The predicted molar refractivity (Wildman–Crippen MR) is 69.7 cm³/mol. The third-order valence-corrected chi connectivity index (χ3v) is 3.64. The van der Waals surface area contributed by atoms with Gasteiger partial charge in [0.05, 0.1) is 6.10 Å². The van der Waals surface area contributed by atoms with Gasteiger partial charge in [-0.15, -0.1) is 0 Å². The molecule has 0 saturated carbocycles. The molecular formula is C14H29NO. The number of likely N-dealkylation sites (tertiary alicyclic amines) is 1. The molecule has 0 radical (unpaired) electrons. The van der Waals surface area contributed by atoms with E-state index in [1.54, 1.807) is 0 Å². The van der Waals surface area contributed by atoms with Gasteiger partial charge in [0.1, 0.15) is 0 Å². The number of hydrogen-bond acceptors (Lipinski definition) is 2. The summed E-state index contributed by atoms with van der Waals surface area (Å²) in [6.45, 7) is 13.7. The highest BCUT2D eigenvalue weighted by Crippen LogP contribution is 2.24. The minimum Gasteiger partial charge on any atom is -0.379 e. The number of rotatable bonds is 6. The monoisotopic (exact) mass is 227 g/mol. The summed E-state index contributed by atoms with van der Waals surface area (Å²) in [6.07, 6.45) is 4.35. The largest absolute Gasteiger partial charge is 0.379 e. The first-order chi connectivity index (χ1) is 7.59. The Hall–Kier alpha value is -0.0800. The van der Waals surface area contributed by atoms with E-state index in [4.69, 9.17) is 4.74 Å². The average molecular weight is 227 g/mol. The molecule has 0 aromatic rings. The van der Waals surface area contributed by atoms with Crippen LogP contribution >= 0.6 is 0 Å². The molecule has 1 heterocycles. The quantitative estimate of drug-likeness (QED) is 0.646. The van der Waals surface area contributed by atoms with E-state index in [2.05, 4.69) is 32.6 Å². The van der Waals surface area contributed by atoms with Crippen LogP contribution in [0.2, 0.25) is 0 Å². The second kappa shape index (κ2) is 7.29. The fourth-order valence-corrected chi connectivity index (χ4v) is 2.45. The van der Waals surface area contributed by atoms with Gasteiger partial charge in [0.2, 0.25) is 0 Å². The molecule has 1 aliphatic rings. The third-order valence-electron chi connectivity index (χ3n) is 3.64. The van der Waals surface area contributed by atoms with Crippen LogP contribution in [0.25, 0.3) is 0 Å². The Morgan fingerprint density at radius 3 is 2.25 bits per heavy atom. The Balaban J connectivity index is 2.04. The lowest BCUT2D eigenvalue weighted by molar-refractivity contribution is 0.0658. The molecule has 0 N–H and O–H groups in total. The Morgan fingerprint density at radius 2 is 1.75 bits per heavy atom. The van der Waals surface area contributed by atoms with Crippen molar-refractivity contribution in [2.75, 3.05) is 26.2 Å². The van der Waals surface area contributed by atoms with Crippen LogP contribution in [0, 0.1) is 11.8 Å². The van der Waals surface area contributed by atoms with Gasteiger partial charge >= 0.3 is 0 Å². The summed E-state index contributed by atoms with van der Waals surface area (Å²) in [5.74, 6) is 1.83. The molecule has 0 aliphatic carbocycles. The number of nitrogens with zero attached hydrogens (tertiary/aromatic N) is 1. The standard InChI is InChI=1S/C14H29NO/c1-12(2)14-6-9-15(10-7-14)8-5-11-16-13(3)4/h12-14H,5-11H2,1-4H3. The van der Waals surface area contributed by atoms with E-state index >= 15 is 0 Å². The van der Waals surface area contributed by atoms with E-state index < -0.39 is 0 Å². The molecule has 0 spiro atoms. The molecule has 1 aliphatic heterocycles. The van der Waals surface area contributed by atoms with Crippen LogP contribution < -0.4 is 0 Å². The number of piperidine rings is 1. The van der Waals surface area contributed by atoms with Crippen LogP contribution in [0.4, 0.5) is 0 Å². The van der Waals surface area contributed by atoms with E-state index in [1.807, 2.05) is 0 Å². The molecule has 96 valence electrons. The Bertz CT molecular complexity index is 172. The topological polar surface area (TPSA) is 12.5 Å².